The number of ether oxygens (including phenoxy) is 1. The molecule has 0 saturated heterocycles. The predicted molar refractivity (Wildman–Crippen MR) is 73.4 cm³/mol. The third-order valence-electron chi connectivity index (χ3n) is 2.68. The molecule has 0 aliphatic rings. The number of rotatable bonds is 4. The maximum absolute atomic E-state index is 13.6. The van der Waals surface area contributed by atoms with Crippen molar-refractivity contribution in [3.05, 3.63) is 52.8 Å². The fraction of sp³-hybridized carbons (Fsp3) is 0.143. The third-order valence-corrected chi connectivity index (χ3v) is 2.97. The van der Waals surface area contributed by atoms with Crippen LogP contribution in [0.1, 0.15) is 5.56 Å². The summed E-state index contributed by atoms with van der Waals surface area (Å²) in [6, 6.07) is 9.76. The van der Waals surface area contributed by atoms with Crippen molar-refractivity contribution in [1.82, 2.24) is 0 Å². The van der Waals surface area contributed by atoms with E-state index in [9.17, 15) is 9.50 Å². The van der Waals surface area contributed by atoms with Crippen LogP contribution in [0.25, 0.3) is 0 Å². The maximum Gasteiger partial charge on any atom is 0.164 e. The van der Waals surface area contributed by atoms with Crippen molar-refractivity contribution in [3.63, 3.8) is 0 Å². The van der Waals surface area contributed by atoms with Gasteiger partial charge in [-0.05, 0) is 29.8 Å². The maximum atomic E-state index is 13.6. The van der Waals surface area contributed by atoms with Gasteiger partial charge in [-0.15, -0.1) is 0 Å². The molecule has 0 fully saturated rings. The number of methoxy groups -OCH3 is 1. The standard InChI is InChI=1S/C14H13ClFNO2/c1-19-13-6-5-9(7-12(13)18)8-17-11-4-2-3-10(15)14(11)16/h2-7,17-18H,8H2,1H3. The second kappa shape index (κ2) is 5.80. The van der Waals surface area contributed by atoms with Crippen molar-refractivity contribution >= 4 is 17.3 Å². The van der Waals surface area contributed by atoms with Gasteiger partial charge in [0.2, 0.25) is 0 Å². The van der Waals surface area contributed by atoms with Crippen LogP contribution < -0.4 is 10.1 Å². The summed E-state index contributed by atoms with van der Waals surface area (Å²) in [5, 5.41) is 12.6. The van der Waals surface area contributed by atoms with Crippen LogP contribution in [-0.4, -0.2) is 12.2 Å². The fourth-order valence-corrected chi connectivity index (χ4v) is 1.86. The molecule has 0 unspecified atom stereocenters. The van der Waals surface area contributed by atoms with Crippen molar-refractivity contribution in [2.75, 3.05) is 12.4 Å². The van der Waals surface area contributed by atoms with Crippen molar-refractivity contribution in [1.29, 1.82) is 0 Å². The normalized spacial score (nSPS) is 10.3. The lowest BCUT2D eigenvalue weighted by atomic mass is 10.2. The number of anilines is 1. The molecule has 0 saturated carbocycles. The van der Waals surface area contributed by atoms with E-state index in [-0.39, 0.29) is 10.8 Å². The molecule has 0 spiro atoms. The second-order valence-corrected chi connectivity index (χ2v) is 4.37. The lowest BCUT2D eigenvalue weighted by molar-refractivity contribution is 0.373. The van der Waals surface area contributed by atoms with Crippen molar-refractivity contribution in [2.45, 2.75) is 6.54 Å². The molecule has 0 radical (unpaired) electrons. The van der Waals surface area contributed by atoms with E-state index in [1.807, 2.05) is 0 Å². The molecular weight excluding hydrogens is 269 g/mol. The van der Waals surface area contributed by atoms with Crippen LogP contribution in [-0.2, 0) is 6.54 Å². The van der Waals surface area contributed by atoms with Crippen LogP contribution in [0.2, 0.25) is 5.02 Å². The molecule has 0 aromatic heterocycles. The molecule has 3 nitrogen and oxygen atoms in total. The molecule has 0 aliphatic heterocycles. The Morgan fingerprint density at radius 1 is 1.32 bits per heavy atom. The molecule has 100 valence electrons. The van der Waals surface area contributed by atoms with E-state index in [4.69, 9.17) is 16.3 Å². The van der Waals surface area contributed by atoms with E-state index in [2.05, 4.69) is 5.32 Å². The summed E-state index contributed by atoms with van der Waals surface area (Å²) < 4.78 is 18.6. The first-order valence-corrected chi connectivity index (χ1v) is 6.03. The highest BCUT2D eigenvalue weighted by Gasteiger charge is 2.06. The largest absolute Gasteiger partial charge is 0.504 e. The summed E-state index contributed by atoms with van der Waals surface area (Å²) in [5.74, 6) is -0.0343. The smallest absolute Gasteiger partial charge is 0.164 e. The molecule has 2 aromatic rings. The molecule has 2 N–H and O–H groups in total. The van der Waals surface area contributed by atoms with Crippen LogP contribution in [0, 0.1) is 5.82 Å². The Morgan fingerprint density at radius 2 is 2.11 bits per heavy atom. The Balaban J connectivity index is 2.10. The minimum atomic E-state index is -0.484. The summed E-state index contributed by atoms with van der Waals surface area (Å²) in [6.45, 7) is 0.370. The number of hydrogen-bond acceptors (Lipinski definition) is 3. The number of halogens is 2. The van der Waals surface area contributed by atoms with Gasteiger partial charge in [0, 0.05) is 6.54 Å². The zero-order chi connectivity index (χ0) is 13.8. The lowest BCUT2D eigenvalue weighted by Gasteiger charge is -2.10. The van der Waals surface area contributed by atoms with Crippen LogP contribution in [0.5, 0.6) is 11.5 Å². The van der Waals surface area contributed by atoms with Gasteiger partial charge < -0.3 is 15.2 Å². The zero-order valence-electron chi connectivity index (χ0n) is 10.3. The predicted octanol–water partition coefficient (Wildman–Crippen LogP) is 3.81. The molecule has 19 heavy (non-hydrogen) atoms. The van der Waals surface area contributed by atoms with Gasteiger partial charge in [-0.2, -0.15) is 0 Å². The van der Waals surface area contributed by atoms with Crippen LogP contribution in [0.15, 0.2) is 36.4 Å². The summed E-state index contributed by atoms with van der Waals surface area (Å²) in [4.78, 5) is 0. The first-order chi connectivity index (χ1) is 9.11. The molecule has 0 bridgehead atoms. The van der Waals surface area contributed by atoms with E-state index < -0.39 is 5.82 Å². The highest BCUT2D eigenvalue weighted by Crippen LogP contribution is 2.27. The molecular formula is C14H13ClFNO2. The monoisotopic (exact) mass is 281 g/mol. The van der Waals surface area contributed by atoms with Crippen LogP contribution in [0.4, 0.5) is 10.1 Å². The zero-order valence-corrected chi connectivity index (χ0v) is 11.0. The van der Waals surface area contributed by atoms with Gasteiger partial charge in [-0.1, -0.05) is 23.7 Å². The quantitative estimate of drug-likeness (QED) is 0.895. The minimum absolute atomic E-state index is 0.0494. The number of nitrogens with one attached hydrogen (secondary N) is 1. The van der Waals surface area contributed by atoms with E-state index in [0.29, 0.717) is 18.0 Å². The van der Waals surface area contributed by atoms with Gasteiger partial charge >= 0.3 is 0 Å². The average Bonchev–Trinajstić information content (AvgIpc) is 2.40. The van der Waals surface area contributed by atoms with Gasteiger partial charge in [-0.25, -0.2) is 4.39 Å². The summed E-state index contributed by atoms with van der Waals surface area (Å²) in [5.41, 5.74) is 1.13. The Bertz CT molecular complexity index is 590. The summed E-state index contributed by atoms with van der Waals surface area (Å²) >= 11 is 5.69. The van der Waals surface area contributed by atoms with Crippen molar-refractivity contribution < 1.29 is 14.2 Å². The Morgan fingerprint density at radius 3 is 2.79 bits per heavy atom. The SMILES string of the molecule is COc1ccc(CNc2cccc(Cl)c2F)cc1O. The lowest BCUT2D eigenvalue weighted by Crippen LogP contribution is -2.01. The highest BCUT2D eigenvalue weighted by molar-refractivity contribution is 6.31. The van der Waals surface area contributed by atoms with Gasteiger partial charge in [0.05, 0.1) is 17.8 Å². The highest BCUT2D eigenvalue weighted by atomic mass is 35.5. The Labute approximate surface area is 115 Å². The first kappa shape index (κ1) is 13.5. The molecule has 2 aromatic carbocycles. The Hall–Kier alpha value is -1.94. The van der Waals surface area contributed by atoms with Gasteiger partial charge in [0.25, 0.3) is 0 Å². The van der Waals surface area contributed by atoms with E-state index in [1.54, 1.807) is 30.3 Å². The molecule has 2 rings (SSSR count). The van der Waals surface area contributed by atoms with Crippen molar-refractivity contribution in [2.24, 2.45) is 0 Å². The van der Waals surface area contributed by atoms with E-state index in [0.717, 1.165) is 5.56 Å². The van der Waals surface area contributed by atoms with Crippen LogP contribution >= 0.6 is 11.6 Å². The number of phenolic OH excluding ortho intramolecular Hbond substituents is 1. The van der Waals surface area contributed by atoms with Crippen LogP contribution in [0.3, 0.4) is 0 Å². The van der Waals surface area contributed by atoms with Gasteiger partial charge in [0.15, 0.2) is 17.3 Å². The summed E-state index contributed by atoms with van der Waals surface area (Å²) in [7, 11) is 1.48. The number of phenols is 1. The number of benzene rings is 2. The molecule has 0 heterocycles. The van der Waals surface area contributed by atoms with Gasteiger partial charge in [-0.3, -0.25) is 0 Å². The van der Waals surface area contributed by atoms with E-state index in [1.165, 1.54) is 13.2 Å². The molecule has 0 amide bonds. The molecule has 0 aliphatic carbocycles. The van der Waals surface area contributed by atoms with Crippen molar-refractivity contribution in [3.8, 4) is 11.5 Å². The summed E-state index contributed by atoms with van der Waals surface area (Å²) in [6.07, 6.45) is 0. The average molecular weight is 282 g/mol. The van der Waals surface area contributed by atoms with E-state index >= 15 is 0 Å². The topological polar surface area (TPSA) is 41.5 Å². The fourth-order valence-electron chi connectivity index (χ4n) is 1.68. The number of aromatic hydroxyl groups is 1. The van der Waals surface area contributed by atoms with Gasteiger partial charge in [0.1, 0.15) is 0 Å². The second-order valence-electron chi connectivity index (χ2n) is 3.96. The molecule has 5 heteroatoms. The minimum Gasteiger partial charge on any atom is -0.504 e. The Kier molecular flexibility index (Phi) is 4.12. The number of hydrogen-bond donors (Lipinski definition) is 2. The first-order valence-electron chi connectivity index (χ1n) is 5.65. The molecule has 0 atom stereocenters. The third kappa shape index (κ3) is 3.09.